The Morgan fingerprint density at radius 2 is 2.00 bits per heavy atom. The number of halogens is 1. The minimum atomic E-state index is -0.511. The van der Waals surface area contributed by atoms with E-state index in [9.17, 15) is 9.18 Å². The molecule has 0 heterocycles. The lowest BCUT2D eigenvalue weighted by Gasteiger charge is -2.09. The minimum Gasteiger partial charge on any atom is -0.494 e. The van der Waals surface area contributed by atoms with Gasteiger partial charge in [0, 0.05) is 16.9 Å². The monoisotopic (exact) mass is 274 g/mol. The number of ether oxygens (including phenoxy) is 1. The number of aryl methyl sites for hydroxylation is 1. The molecule has 3 N–H and O–H groups in total. The second-order valence-electron chi connectivity index (χ2n) is 4.37. The molecule has 0 bridgehead atoms. The SMILES string of the molecule is COc1cc(C(=O)Nc2ccc(C)c(N)c2)ccc1F. The molecular formula is C15H15FN2O2. The summed E-state index contributed by atoms with van der Waals surface area (Å²) >= 11 is 0. The summed E-state index contributed by atoms with van der Waals surface area (Å²) < 4.78 is 18.1. The van der Waals surface area contributed by atoms with Crippen LogP contribution in [0.2, 0.25) is 0 Å². The van der Waals surface area contributed by atoms with Crippen molar-refractivity contribution in [3.05, 3.63) is 53.3 Å². The van der Waals surface area contributed by atoms with E-state index in [2.05, 4.69) is 5.32 Å². The Kier molecular flexibility index (Phi) is 3.89. The third kappa shape index (κ3) is 2.88. The van der Waals surface area contributed by atoms with Crippen LogP contribution in [0.5, 0.6) is 5.75 Å². The molecule has 20 heavy (non-hydrogen) atoms. The highest BCUT2D eigenvalue weighted by Gasteiger charge is 2.10. The number of rotatable bonds is 3. The smallest absolute Gasteiger partial charge is 0.255 e. The molecular weight excluding hydrogens is 259 g/mol. The molecule has 0 saturated carbocycles. The van der Waals surface area contributed by atoms with Crippen molar-refractivity contribution in [2.45, 2.75) is 6.92 Å². The van der Waals surface area contributed by atoms with Gasteiger partial charge in [0.1, 0.15) is 0 Å². The highest BCUT2D eigenvalue weighted by atomic mass is 19.1. The van der Waals surface area contributed by atoms with Crippen LogP contribution in [0.1, 0.15) is 15.9 Å². The van der Waals surface area contributed by atoms with Gasteiger partial charge in [0.2, 0.25) is 0 Å². The summed E-state index contributed by atoms with van der Waals surface area (Å²) in [5, 5.41) is 2.70. The number of carbonyl (C=O) groups is 1. The Morgan fingerprint density at radius 3 is 2.65 bits per heavy atom. The average Bonchev–Trinajstić information content (AvgIpc) is 2.43. The van der Waals surface area contributed by atoms with Gasteiger partial charge >= 0.3 is 0 Å². The maximum Gasteiger partial charge on any atom is 0.255 e. The molecule has 0 unspecified atom stereocenters. The van der Waals surface area contributed by atoms with Crippen molar-refractivity contribution in [1.29, 1.82) is 0 Å². The number of nitrogens with one attached hydrogen (secondary N) is 1. The fraction of sp³-hybridized carbons (Fsp3) is 0.133. The van der Waals surface area contributed by atoms with E-state index in [-0.39, 0.29) is 11.7 Å². The highest BCUT2D eigenvalue weighted by Crippen LogP contribution is 2.21. The number of anilines is 2. The molecule has 0 aliphatic rings. The average molecular weight is 274 g/mol. The largest absolute Gasteiger partial charge is 0.494 e. The summed E-state index contributed by atoms with van der Waals surface area (Å²) in [6.07, 6.45) is 0. The molecule has 2 rings (SSSR count). The molecule has 5 heteroatoms. The zero-order valence-electron chi connectivity index (χ0n) is 11.2. The molecule has 0 fully saturated rings. The predicted molar refractivity (Wildman–Crippen MR) is 76.5 cm³/mol. The first-order valence-corrected chi connectivity index (χ1v) is 6.02. The van der Waals surface area contributed by atoms with Crippen LogP contribution in [0.4, 0.5) is 15.8 Å². The van der Waals surface area contributed by atoms with Crippen LogP contribution in [-0.2, 0) is 0 Å². The van der Waals surface area contributed by atoms with Gasteiger partial charge in [0.15, 0.2) is 11.6 Å². The summed E-state index contributed by atoms with van der Waals surface area (Å²) in [6.45, 7) is 1.88. The number of hydrogen-bond donors (Lipinski definition) is 2. The summed E-state index contributed by atoms with van der Waals surface area (Å²) in [5.41, 5.74) is 8.21. The molecule has 0 saturated heterocycles. The molecule has 0 aromatic heterocycles. The summed E-state index contributed by atoms with van der Waals surface area (Å²) in [7, 11) is 1.35. The van der Waals surface area contributed by atoms with E-state index in [0.717, 1.165) is 5.56 Å². The van der Waals surface area contributed by atoms with Crippen LogP contribution in [0, 0.1) is 12.7 Å². The Bertz CT molecular complexity index is 656. The maximum absolute atomic E-state index is 13.3. The lowest BCUT2D eigenvalue weighted by molar-refractivity contribution is 0.102. The van der Waals surface area contributed by atoms with Gasteiger partial charge in [-0.1, -0.05) is 6.07 Å². The number of nitrogen functional groups attached to an aromatic ring is 1. The molecule has 2 aromatic rings. The molecule has 104 valence electrons. The van der Waals surface area contributed by atoms with Gasteiger partial charge in [0.25, 0.3) is 5.91 Å². The van der Waals surface area contributed by atoms with Gasteiger partial charge in [0.05, 0.1) is 7.11 Å². The summed E-state index contributed by atoms with van der Waals surface area (Å²) in [6, 6.07) is 9.18. The molecule has 0 radical (unpaired) electrons. The van der Waals surface area contributed by atoms with Gasteiger partial charge in [-0.25, -0.2) is 4.39 Å². The van der Waals surface area contributed by atoms with E-state index < -0.39 is 5.82 Å². The van der Waals surface area contributed by atoms with Crippen molar-refractivity contribution in [1.82, 2.24) is 0 Å². The Balaban J connectivity index is 2.21. The maximum atomic E-state index is 13.3. The van der Waals surface area contributed by atoms with Crippen LogP contribution in [0.25, 0.3) is 0 Å². The molecule has 0 spiro atoms. The number of benzene rings is 2. The molecule has 0 atom stereocenters. The third-order valence-corrected chi connectivity index (χ3v) is 2.95. The van der Waals surface area contributed by atoms with E-state index in [4.69, 9.17) is 10.5 Å². The molecule has 4 nitrogen and oxygen atoms in total. The molecule has 0 aliphatic heterocycles. The molecule has 1 amide bonds. The Labute approximate surface area is 116 Å². The third-order valence-electron chi connectivity index (χ3n) is 2.95. The Morgan fingerprint density at radius 1 is 1.25 bits per heavy atom. The van der Waals surface area contributed by atoms with Crippen molar-refractivity contribution in [2.24, 2.45) is 0 Å². The van der Waals surface area contributed by atoms with E-state index in [1.54, 1.807) is 12.1 Å². The predicted octanol–water partition coefficient (Wildman–Crippen LogP) is 2.98. The second kappa shape index (κ2) is 5.61. The van der Waals surface area contributed by atoms with Gasteiger partial charge in [-0.05, 0) is 42.8 Å². The fourth-order valence-electron chi connectivity index (χ4n) is 1.72. The van der Waals surface area contributed by atoms with Crippen LogP contribution >= 0.6 is 0 Å². The first-order chi connectivity index (χ1) is 9.51. The fourth-order valence-corrected chi connectivity index (χ4v) is 1.72. The highest BCUT2D eigenvalue weighted by molar-refractivity contribution is 6.04. The first-order valence-electron chi connectivity index (χ1n) is 6.02. The van der Waals surface area contributed by atoms with Crippen molar-refractivity contribution in [3.63, 3.8) is 0 Å². The van der Waals surface area contributed by atoms with E-state index in [1.807, 2.05) is 13.0 Å². The number of methoxy groups -OCH3 is 1. The number of hydrogen-bond acceptors (Lipinski definition) is 3. The quantitative estimate of drug-likeness (QED) is 0.846. The molecule has 0 aliphatic carbocycles. The van der Waals surface area contributed by atoms with Crippen LogP contribution in [-0.4, -0.2) is 13.0 Å². The van der Waals surface area contributed by atoms with Gasteiger partial charge in [-0.15, -0.1) is 0 Å². The zero-order chi connectivity index (χ0) is 14.7. The number of amides is 1. The van der Waals surface area contributed by atoms with Crippen molar-refractivity contribution in [2.75, 3.05) is 18.2 Å². The van der Waals surface area contributed by atoms with Gasteiger partial charge in [-0.3, -0.25) is 4.79 Å². The molecule has 2 aromatic carbocycles. The van der Waals surface area contributed by atoms with E-state index in [1.165, 1.54) is 25.3 Å². The second-order valence-corrected chi connectivity index (χ2v) is 4.37. The normalized spacial score (nSPS) is 10.2. The van der Waals surface area contributed by atoms with Crippen LogP contribution in [0.3, 0.4) is 0 Å². The first kappa shape index (κ1) is 13.9. The number of nitrogens with two attached hydrogens (primary N) is 1. The Hall–Kier alpha value is -2.56. The van der Waals surface area contributed by atoms with Gasteiger partial charge < -0.3 is 15.8 Å². The van der Waals surface area contributed by atoms with Crippen molar-refractivity contribution >= 4 is 17.3 Å². The van der Waals surface area contributed by atoms with Crippen LogP contribution in [0.15, 0.2) is 36.4 Å². The van der Waals surface area contributed by atoms with Crippen molar-refractivity contribution < 1.29 is 13.9 Å². The minimum absolute atomic E-state index is 0.0288. The number of carbonyl (C=O) groups excluding carboxylic acids is 1. The van der Waals surface area contributed by atoms with E-state index in [0.29, 0.717) is 16.9 Å². The van der Waals surface area contributed by atoms with Crippen LogP contribution < -0.4 is 15.8 Å². The van der Waals surface area contributed by atoms with Crippen molar-refractivity contribution in [3.8, 4) is 5.75 Å². The summed E-state index contributed by atoms with van der Waals surface area (Å²) in [5.74, 6) is -0.837. The topological polar surface area (TPSA) is 64.3 Å². The lowest BCUT2D eigenvalue weighted by Crippen LogP contribution is -2.12. The summed E-state index contributed by atoms with van der Waals surface area (Å²) in [4.78, 5) is 12.1. The standard InChI is InChI=1S/C15H15FN2O2/c1-9-3-5-11(8-13(9)17)18-15(19)10-4-6-12(16)14(7-10)20-2/h3-8H,17H2,1-2H3,(H,18,19). The van der Waals surface area contributed by atoms with Gasteiger partial charge in [-0.2, -0.15) is 0 Å². The lowest BCUT2D eigenvalue weighted by atomic mass is 10.1. The van der Waals surface area contributed by atoms with E-state index >= 15 is 0 Å². The zero-order valence-corrected chi connectivity index (χ0v) is 11.2.